The van der Waals surface area contributed by atoms with E-state index in [4.69, 9.17) is 4.74 Å². The molecule has 22 heavy (non-hydrogen) atoms. The van der Waals surface area contributed by atoms with E-state index in [1.165, 1.54) is 19.3 Å². The second-order valence-electron chi connectivity index (χ2n) is 7.36. The molecule has 4 aliphatic carbocycles. The van der Waals surface area contributed by atoms with Crippen molar-refractivity contribution >= 4 is 11.9 Å². The van der Waals surface area contributed by atoms with Gasteiger partial charge in [0.15, 0.2) is 0 Å². The number of carbonyl (C=O) groups is 2. The van der Waals surface area contributed by atoms with Gasteiger partial charge in [-0.2, -0.15) is 8.78 Å². The summed E-state index contributed by atoms with van der Waals surface area (Å²) in [6, 6.07) is 0. The molecule has 4 aliphatic rings. The summed E-state index contributed by atoms with van der Waals surface area (Å²) < 4.78 is 34.9. The molecule has 124 valence electrons. The van der Waals surface area contributed by atoms with Gasteiger partial charge in [0.1, 0.15) is 13.2 Å². The molecule has 6 heteroatoms. The van der Waals surface area contributed by atoms with Gasteiger partial charge in [0.05, 0.1) is 5.41 Å². The van der Waals surface area contributed by atoms with Gasteiger partial charge in [0.25, 0.3) is 0 Å². The summed E-state index contributed by atoms with van der Waals surface area (Å²) in [5.41, 5.74) is -0.368. The Morgan fingerprint density at radius 2 is 1.45 bits per heavy atom. The Kier molecular flexibility index (Phi) is 3.89. The Morgan fingerprint density at radius 3 is 1.91 bits per heavy atom. The molecule has 0 saturated heterocycles. The van der Waals surface area contributed by atoms with Crippen molar-refractivity contribution in [3.05, 3.63) is 0 Å². The number of rotatable bonds is 5. The fraction of sp³-hybridized carbons (Fsp3) is 0.875. The van der Waals surface area contributed by atoms with E-state index < -0.39 is 11.9 Å². The van der Waals surface area contributed by atoms with Crippen LogP contribution < -0.4 is 0 Å². The van der Waals surface area contributed by atoms with Crippen molar-refractivity contribution in [2.24, 2.45) is 23.2 Å². The highest BCUT2D eigenvalue weighted by Crippen LogP contribution is 2.60. The Labute approximate surface area is 128 Å². The molecule has 4 nitrogen and oxygen atoms in total. The van der Waals surface area contributed by atoms with Crippen LogP contribution in [-0.2, 0) is 19.1 Å². The van der Waals surface area contributed by atoms with E-state index in [1.54, 1.807) is 0 Å². The Morgan fingerprint density at radius 1 is 1.00 bits per heavy atom. The van der Waals surface area contributed by atoms with Gasteiger partial charge in [-0.05, 0) is 56.3 Å². The number of hydrogen-bond acceptors (Lipinski definition) is 4. The molecular formula is C16H22F2O4. The molecule has 0 atom stereocenters. The molecule has 4 saturated carbocycles. The summed E-state index contributed by atoms with van der Waals surface area (Å²) in [7, 11) is 0. The zero-order valence-corrected chi connectivity index (χ0v) is 12.8. The van der Waals surface area contributed by atoms with E-state index in [-0.39, 0.29) is 24.6 Å². The molecule has 0 unspecified atom stereocenters. The quantitative estimate of drug-likeness (QED) is 0.578. The van der Waals surface area contributed by atoms with Crippen LogP contribution in [0.3, 0.4) is 0 Å². The van der Waals surface area contributed by atoms with Crippen LogP contribution in [0, 0.1) is 23.2 Å². The molecule has 0 aromatic rings. The SMILES string of the molecule is CC(F)(F)C(=O)OCCOC(=O)C12CC3CC(CC(C3)C1)C2. The van der Waals surface area contributed by atoms with E-state index in [2.05, 4.69) is 4.74 Å². The Balaban J connectivity index is 1.48. The van der Waals surface area contributed by atoms with Crippen LogP contribution in [0.2, 0.25) is 0 Å². The van der Waals surface area contributed by atoms with Gasteiger partial charge in [-0.25, -0.2) is 4.79 Å². The van der Waals surface area contributed by atoms with Gasteiger partial charge in [-0.1, -0.05) is 0 Å². The minimum Gasteiger partial charge on any atom is -0.462 e. The summed E-state index contributed by atoms with van der Waals surface area (Å²) >= 11 is 0. The highest BCUT2D eigenvalue weighted by molar-refractivity contribution is 5.78. The first-order valence-corrected chi connectivity index (χ1v) is 8.01. The number of carbonyl (C=O) groups excluding carboxylic acids is 2. The molecule has 4 fully saturated rings. The highest BCUT2D eigenvalue weighted by Gasteiger charge is 2.55. The van der Waals surface area contributed by atoms with Crippen LogP contribution in [0.25, 0.3) is 0 Å². The molecule has 0 N–H and O–H groups in total. The Bertz CT molecular complexity index is 434. The lowest BCUT2D eigenvalue weighted by molar-refractivity contribution is -0.179. The maximum atomic E-state index is 12.6. The lowest BCUT2D eigenvalue weighted by Crippen LogP contribution is -2.50. The van der Waals surface area contributed by atoms with Gasteiger partial charge in [-0.3, -0.25) is 4.79 Å². The van der Waals surface area contributed by atoms with Crippen molar-refractivity contribution in [1.82, 2.24) is 0 Å². The highest BCUT2D eigenvalue weighted by atomic mass is 19.3. The second-order valence-corrected chi connectivity index (χ2v) is 7.36. The molecule has 0 aromatic heterocycles. The van der Waals surface area contributed by atoms with Crippen molar-refractivity contribution in [3.63, 3.8) is 0 Å². The maximum absolute atomic E-state index is 12.6. The molecular weight excluding hydrogens is 294 g/mol. The number of ether oxygens (including phenoxy) is 2. The molecule has 0 spiro atoms. The van der Waals surface area contributed by atoms with Gasteiger partial charge in [0.2, 0.25) is 0 Å². The predicted octanol–water partition coefficient (Wildman–Crippen LogP) is 2.94. The zero-order chi connectivity index (χ0) is 16.0. The fourth-order valence-corrected chi connectivity index (χ4v) is 4.91. The number of esters is 2. The van der Waals surface area contributed by atoms with Gasteiger partial charge in [-0.15, -0.1) is 0 Å². The topological polar surface area (TPSA) is 52.6 Å². The Hall–Kier alpha value is -1.20. The van der Waals surface area contributed by atoms with Crippen LogP contribution in [0.4, 0.5) is 8.78 Å². The minimum absolute atomic E-state index is 0.150. The minimum atomic E-state index is -3.51. The molecule has 4 bridgehead atoms. The largest absolute Gasteiger partial charge is 0.462 e. The van der Waals surface area contributed by atoms with Gasteiger partial charge < -0.3 is 9.47 Å². The lowest BCUT2D eigenvalue weighted by atomic mass is 9.49. The first-order valence-electron chi connectivity index (χ1n) is 8.01. The predicted molar refractivity (Wildman–Crippen MR) is 73.1 cm³/mol. The van der Waals surface area contributed by atoms with Crippen molar-refractivity contribution in [2.75, 3.05) is 13.2 Å². The average Bonchev–Trinajstić information content (AvgIpc) is 2.40. The third-order valence-electron chi connectivity index (χ3n) is 5.38. The maximum Gasteiger partial charge on any atom is 0.376 e. The first kappa shape index (κ1) is 15.7. The van der Waals surface area contributed by atoms with Crippen molar-refractivity contribution < 1.29 is 27.8 Å². The molecule has 0 aromatic carbocycles. The molecule has 4 rings (SSSR count). The van der Waals surface area contributed by atoms with E-state index in [0.29, 0.717) is 24.7 Å². The first-order chi connectivity index (χ1) is 10.3. The van der Waals surface area contributed by atoms with E-state index >= 15 is 0 Å². The summed E-state index contributed by atoms with van der Waals surface area (Å²) in [6.45, 7) is 0.0134. The fourth-order valence-electron chi connectivity index (χ4n) is 4.91. The van der Waals surface area contributed by atoms with Crippen LogP contribution in [-0.4, -0.2) is 31.1 Å². The van der Waals surface area contributed by atoms with Crippen LogP contribution in [0.5, 0.6) is 0 Å². The van der Waals surface area contributed by atoms with Gasteiger partial charge >= 0.3 is 17.9 Å². The summed E-state index contributed by atoms with van der Waals surface area (Å²) in [5, 5.41) is 0. The van der Waals surface area contributed by atoms with Crippen molar-refractivity contribution in [2.45, 2.75) is 51.4 Å². The van der Waals surface area contributed by atoms with E-state index in [9.17, 15) is 18.4 Å². The van der Waals surface area contributed by atoms with Crippen LogP contribution in [0.1, 0.15) is 45.4 Å². The number of halogens is 2. The smallest absolute Gasteiger partial charge is 0.376 e. The standard InChI is InChI=1S/C16H22F2O4/c1-15(17,18)13(19)21-2-3-22-14(20)16-7-10-4-11(8-16)6-12(5-10)9-16/h10-12H,2-9H2,1H3. The van der Waals surface area contributed by atoms with Crippen LogP contribution in [0.15, 0.2) is 0 Å². The zero-order valence-electron chi connectivity index (χ0n) is 12.8. The summed E-state index contributed by atoms with van der Waals surface area (Å²) in [4.78, 5) is 23.3. The second kappa shape index (κ2) is 5.46. The number of alkyl halides is 2. The molecule has 0 heterocycles. The van der Waals surface area contributed by atoms with Gasteiger partial charge in [0, 0.05) is 6.92 Å². The van der Waals surface area contributed by atoms with E-state index in [0.717, 1.165) is 19.3 Å². The third-order valence-corrected chi connectivity index (χ3v) is 5.38. The normalized spacial score (nSPS) is 36.2. The van der Waals surface area contributed by atoms with Crippen molar-refractivity contribution in [1.29, 1.82) is 0 Å². The van der Waals surface area contributed by atoms with Crippen molar-refractivity contribution in [3.8, 4) is 0 Å². The van der Waals surface area contributed by atoms with Crippen LogP contribution >= 0.6 is 0 Å². The monoisotopic (exact) mass is 316 g/mol. The lowest BCUT2D eigenvalue weighted by Gasteiger charge is -2.55. The summed E-state index contributed by atoms with van der Waals surface area (Å²) in [6.07, 6.45) is 6.38. The molecule has 0 amide bonds. The molecule has 0 aliphatic heterocycles. The number of hydrogen-bond donors (Lipinski definition) is 0. The third kappa shape index (κ3) is 2.97. The van der Waals surface area contributed by atoms with E-state index in [1.807, 2.05) is 0 Å². The summed E-state index contributed by atoms with van der Waals surface area (Å²) in [5.74, 6) is -3.42. The molecule has 0 radical (unpaired) electrons. The average molecular weight is 316 g/mol.